The summed E-state index contributed by atoms with van der Waals surface area (Å²) in [6.45, 7) is 1.78. The van der Waals surface area contributed by atoms with Crippen LogP contribution in [0.1, 0.15) is 31.8 Å². The molecule has 0 atom stereocenters. The van der Waals surface area contributed by atoms with E-state index in [0.29, 0.717) is 39.3 Å². The topological polar surface area (TPSA) is 118 Å². The monoisotopic (exact) mass is 578 g/mol. The minimum Gasteiger partial charge on any atom is -0.481 e. The molecule has 2 aromatic heterocycles. The van der Waals surface area contributed by atoms with Crippen LogP contribution in [0.2, 0.25) is 0 Å². The van der Waals surface area contributed by atoms with E-state index in [0.717, 1.165) is 22.4 Å². The lowest BCUT2D eigenvalue weighted by Crippen LogP contribution is -2.15. The third kappa shape index (κ3) is 6.41. The fraction of sp³-hybridized carbons (Fsp3) is 0.107. The van der Waals surface area contributed by atoms with Crippen molar-refractivity contribution in [3.8, 4) is 5.88 Å². The summed E-state index contributed by atoms with van der Waals surface area (Å²) < 4.78 is 45.0. The molecule has 2 amide bonds. The van der Waals surface area contributed by atoms with Gasteiger partial charge in [0.15, 0.2) is 5.13 Å². The van der Waals surface area contributed by atoms with E-state index in [9.17, 15) is 22.8 Å². The normalized spacial score (nSPS) is 11.2. The highest BCUT2D eigenvalue weighted by atomic mass is 32.1. The number of fused-ring (bicyclic) bond motifs is 1. The highest BCUT2D eigenvalue weighted by molar-refractivity contribution is 7.22. The molecule has 9 nitrogen and oxygen atoms in total. The summed E-state index contributed by atoms with van der Waals surface area (Å²) in [7, 11) is 1.50. The average Bonchev–Trinajstić information content (AvgIpc) is 3.36. The Balaban J connectivity index is 1.30. The van der Waals surface area contributed by atoms with Crippen molar-refractivity contribution >= 4 is 55.7 Å². The number of anilines is 4. The van der Waals surface area contributed by atoms with Crippen LogP contribution in [0.4, 0.5) is 35.5 Å². The number of benzene rings is 3. The van der Waals surface area contributed by atoms with Gasteiger partial charge < -0.3 is 20.7 Å². The number of hydrogen-bond acceptors (Lipinski definition) is 8. The number of thiazole rings is 1. The smallest absolute Gasteiger partial charge is 0.416 e. The molecule has 0 unspecified atom stereocenters. The quantitative estimate of drug-likeness (QED) is 0.197. The molecular formula is C28H21F3N6O3S. The molecule has 13 heteroatoms. The Morgan fingerprint density at radius 2 is 1.68 bits per heavy atom. The number of ether oxygens (including phenoxy) is 1. The molecule has 0 saturated carbocycles. The summed E-state index contributed by atoms with van der Waals surface area (Å²) >= 11 is 1.33. The number of methoxy groups -OCH3 is 1. The van der Waals surface area contributed by atoms with Crippen molar-refractivity contribution in [3.05, 3.63) is 95.3 Å². The molecule has 0 radical (unpaired) electrons. The minimum atomic E-state index is -4.57. The maximum absolute atomic E-state index is 13.1. The second kappa shape index (κ2) is 11.2. The Labute approximate surface area is 235 Å². The van der Waals surface area contributed by atoms with Crippen LogP contribution in [0.3, 0.4) is 0 Å². The van der Waals surface area contributed by atoms with Gasteiger partial charge in [-0.05, 0) is 61.0 Å². The van der Waals surface area contributed by atoms with Crippen LogP contribution in [-0.2, 0) is 6.18 Å². The zero-order chi connectivity index (χ0) is 29.1. The van der Waals surface area contributed by atoms with Crippen molar-refractivity contribution in [2.75, 3.05) is 23.1 Å². The summed E-state index contributed by atoms with van der Waals surface area (Å²) in [5.41, 5.74) is 1.47. The zero-order valence-corrected chi connectivity index (χ0v) is 22.4. The Bertz CT molecular complexity index is 1770. The standard InChI is InChI=1S/C28H21F3N6O3S/c1-15-6-8-19(34-25(38)16-4-3-5-18(10-16)28(29,30)31)12-21(15)35-26(39)17-7-9-20-22(11-17)41-27(36-20)37-23-13-24(40-2)33-14-32-23/h3-14H,1-2H3,(H,34,38)(H,35,39)(H,32,33,36,37). The SMILES string of the molecule is COc1cc(Nc2nc3ccc(C(=O)Nc4cc(NC(=O)c5cccc(C(F)(F)F)c5)ccc4C)cc3s2)ncn1. The lowest BCUT2D eigenvalue weighted by molar-refractivity contribution is -0.137. The number of hydrogen-bond donors (Lipinski definition) is 3. The molecule has 0 aliphatic carbocycles. The first kappa shape index (κ1) is 27.5. The molecular weight excluding hydrogens is 557 g/mol. The molecule has 0 fully saturated rings. The Hall–Kier alpha value is -5.04. The average molecular weight is 579 g/mol. The van der Waals surface area contributed by atoms with E-state index < -0.39 is 17.6 Å². The molecule has 0 bridgehead atoms. The third-order valence-electron chi connectivity index (χ3n) is 5.93. The molecule has 0 saturated heterocycles. The van der Waals surface area contributed by atoms with Crippen molar-refractivity contribution in [2.24, 2.45) is 0 Å². The van der Waals surface area contributed by atoms with Crippen LogP contribution in [0.15, 0.2) is 73.1 Å². The van der Waals surface area contributed by atoms with Gasteiger partial charge in [0, 0.05) is 28.6 Å². The van der Waals surface area contributed by atoms with Crippen molar-refractivity contribution < 1.29 is 27.5 Å². The van der Waals surface area contributed by atoms with Crippen LogP contribution in [0, 0.1) is 6.92 Å². The summed E-state index contributed by atoms with van der Waals surface area (Å²) in [5, 5.41) is 9.08. The summed E-state index contributed by atoms with van der Waals surface area (Å²) in [6.07, 6.45) is -3.20. The second-order valence-electron chi connectivity index (χ2n) is 8.79. The van der Waals surface area contributed by atoms with Crippen molar-refractivity contribution in [3.63, 3.8) is 0 Å². The highest BCUT2D eigenvalue weighted by Crippen LogP contribution is 2.31. The van der Waals surface area contributed by atoms with Gasteiger partial charge in [-0.25, -0.2) is 15.0 Å². The van der Waals surface area contributed by atoms with Crippen LogP contribution < -0.4 is 20.7 Å². The molecule has 3 N–H and O–H groups in total. The number of carbonyl (C=O) groups is 2. The number of carbonyl (C=O) groups excluding carboxylic acids is 2. The minimum absolute atomic E-state index is 0.142. The molecule has 2 heterocycles. The van der Waals surface area contributed by atoms with Gasteiger partial charge in [-0.3, -0.25) is 9.59 Å². The van der Waals surface area contributed by atoms with E-state index in [1.807, 2.05) is 0 Å². The van der Waals surface area contributed by atoms with E-state index in [4.69, 9.17) is 4.74 Å². The predicted molar refractivity (Wildman–Crippen MR) is 150 cm³/mol. The van der Waals surface area contributed by atoms with E-state index >= 15 is 0 Å². The highest BCUT2D eigenvalue weighted by Gasteiger charge is 2.31. The first-order valence-electron chi connectivity index (χ1n) is 12.0. The molecule has 41 heavy (non-hydrogen) atoms. The predicted octanol–water partition coefficient (Wildman–Crippen LogP) is 6.67. The number of alkyl halides is 3. The van der Waals surface area contributed by atoms with Crippen LogP contribution in [0.5, 0.6) is 5.88 Å². The summed E-state index contributed by atoms with van der Waals surface area (Å²) in [4.78, 5) is 38.3. The van der Waals surface area contributed by atoms with Crippen LogP contribution >= 0.6 is 11.3 Å². The van der Waals surface area contributed by atoms with Crippen molar-refractivity contribution in [1.29, 1.82) is 0 Å². The largest absolute Gasteiger partial charge is 0.481 e. The number of amides is 2. The maximum Gasteiger partial charge on any atom is 0.416 e. The van der Waals surface area contributed by atoms with Gasteiger partial charge in [-0.15, -0.1) is 0 Å². The van der Waals surface area contributed by atoms with Gasteiger partial charge in [-0.2, -0.15) is 13.2 Å². The van der Waals surface area contributed by atoms with E-state index in [2.05, 4.69) is 30.9 Å². The number of aryl methyl sites for hydroxylation is 1. The second-order valence-corrected chi connectivity index (χ2v) is 9.82. The molecule has 0 aliphatic rings. The van der Waals surface area contributed by atoms with E-state index in [1.165, 1.54) is 36.9 Å². The number of nitrogens with one attached hydrogen (secondary N) is 3. The lowest BCUT2D eigenvalue weighted by atomic mass is 10.1. The van der Waals surface area contributed by atoms with Gasteiger partial charge in [0.05, 0.1) is 22.9 Å². The van der Waals surface area contributed by atoms with Crippen molar-refractivity contribution in [1.82, 2.24) is 15.0 Å². The Morgan fingerprint density at radius 3 is 2.46 bits per heavy atom. The first-order chi connectivity index (χ1) is 19.6. The molecule has 208 valence electrons. The molecule has 5 aromatic rings. The zero-order valence-electron chi connectivity index (χ0n) is 21.5. The van der Waals surface area contributed by atoms with E-state index in [1.54, 1.807) is 49.4 Å². The van der Waals surface area contributed by atoms with Gasteiger partial charge in [0.2, 0.25) is 5.88 Å². The van der Waals surface area contributed by atoms with Gasteiger partial charge >= 0.3 is 6.18 Å². The molecule has 0 aliphatic heterocycles. The van der Waals surface area contributed by atoms with Crippen molar-refractivity contribution in [2.45, 2.75) is 13.1 Å². The number of nitrogens with zero attached hydrogens (tertiary/aromatic N) is 3. The fourth-order valence-corrected chi connectivity index (χ4v) is 4.73. The van der Waals surface area contributed by atoms with Gasteiger partial charge in [0.25, 0.3) is 11.8 Å². The number of halogens is 3. The van der Waals surface area contributed by atoms with Gasteiger partial charge in [0.1, 0.15) is 12.1 Å². The Morgan fingerprint density at radius 1 is 0.902 bits per heavy atom. The molecule has 3 aromatic carbocycles. The molecule has 0 spiro atoms. The van der Waals surface area contributed by atoms with Crippen LogP contribution in [0.25, 0.3) is 10.2 Å². The van der Waals surface area contributed by atoms with Crippen LogP contribution in [-0.4, -0.2) is 33.9 Å². The number of rotatable bonds is 7. The summed E-state index contributed by atoms with van der Waals surface area (Å²) in [5.74, 6) is -0.195. The maximum atomic E-state index is 13.1. The fourth-order valence-electron chi connectivity index (χ4n) is 3.82. The van der Waals surface area contributed by atoms with E-state index in [-0.39, 0.29) is 11.5 Å². The van der Waals surface area contributed by atoms with Gasteiger partial charge in [-0.1, -0.05) is 23.5 Å². The lowest BCUT2D eigenvalue weighted by Gasteiger charge is -2.13. The summed E-state index contributed by atoms with van der Waals surface area (Å²) in [6, 6.07) is 15.7. The third-order valence-corrected chi connectivity index (χ3v) is 6.87. The molecule has 5 rings (SSSR count). The first-order valence-corrected chi connectivity index (χ1v) is 12.8. The Kier molecular flexibility index (Phi) is 7.53. The number of aromatic nitrogens is 3.